The summed E-state index contributed by atoms with van der Waals surface area (Å²) in [6, 6.07) is 16.7. The van der Waals surface area contributed by atoms with Gasteiger partial charge >= 0.3 is 0 Å². The molecule has 2 amide bonds. The number of hydrogen-bond acceptors (Lipinski definition) is 5. The minimum absolute atomic E-state index is 0.124. The molecule has 29 heavy (non-hydrogen) atoms. The van der Waals surface area contributed by atoms with Crippen LogP contribution in [0.25, 0.3) is 0 Å². The monoisotopic (exact) mass is 391 g/mol. The fraction of sp³-hybridized carbons (Fsp3) is 0.136. The van der Waals surface area contributed by atoms with Crippen LogP contribution in [-0.4, -0.2) is 28.0 Å². The van der Waals surface area contributed by atoms with Gasteiger partial charge in [-0.15, -0.1) is 0 Å². The summed E-state index contributed by atoms with van der Waals surface area (Å²) >= 11 is 0. The summed E-state index contributed by atoms with van der Waals surface area (Å²) in [5.74, 6) is 0.0290. The zero-order valence-corrected chi connectivity index (χ0v) is 15.8. The summed E-state index contributed by atoms with van der Waals surface area (Å²) in [5, 5.41) is 14.9. The molecule has 0 saturated heterocycles. The molecule has 0 bridgehead atoms. The summed E-state index contributed by atoms with van der Waals surface area (Å²) in [7, 11) is 0. The summed E-state index contributed by atoms with van der Waals surface area (Å²) in [4.78, 5) is 28.7. The van der Waals surface area contributed by atoms with Crippen LogP contribution >= 0.6 is 0 Å². The number of carbonyl (C=O) groups excluding carboxylic acids is 2. The lowest BCUT2D eigenvalue weighted by Crippen LogP contribution is -2.36. The highest BCUT2D eigenvalue weighted by atomic mass is 16.5. The molecule has 3 rings (SSSR count). The van der Waals surface area contributed by atoms with Crippen LogP contribution in [0.5, 0.6) is 11.5 Å². The third-order valence-corrected chi connectivity index (χ3v) is 4.16. The smallest absolute Gasteiger partial charge is 0.261 e. The van der Waals surface area contributed by atoms with E-state index in [2.05, 4.69) is 15.6 Å². The average molecular weight is 391 g/mol. The van der Waals surface area contributed by atoms with Gasteiger partial charge < -0.3 is 20.5 Å². The fourth-order valence-electron chi connectivity index (χ4n) is 2.60. The van der Waals surface area contributed by atoms with Crippen LogP contribution in [0.2, 0.25) is 0 Å². The number of aromatic hydroxyl groups is 1. The van der Waals surface area contributed by atoms with E-state index in [1.165, 1.54) is 18.3 Å². The number of nitrogens with zero attached hydrogens (tertiary/aromatic N) is 1. The molecule has 7 nitrogen and oxygen atoms in total. The van der Waals surface area contributed by atoms with E-state index >= 15 is 0 Å². The van der Waals surface area contributed by atoms with Crippen molar-refractivity contribution in [3.05, 3.63) is 84.2 Å². The van der Waals surface area contributed by atoms with Gasteiger partial charge in [-0.05, 0) is 55.0 Å². The number of ether oxygens (including phenoxy) is 1. The Bertz CT molecular complexity index is 975. The maximum atomic E-state index is 12.4. The van der Waals surface area contributed by atoms with Crippen molar-refractivity contribution in [2.24, 2.45) is 0 Å². The highest BCUT2D eigenvalue weighted by Crippen LogP contribution is 2.18. The molecular formula is C22H21N3O4. The van der Waals surface area contributed by atoms with E-state index in [1.54, 1.807) is 49.5 Å². The predicted molar refractivity (Wildman–Crippen MR) is 109 cm³/mol. The van der Waals surface area contributed by atoms with Gasteiger partial charge in [-0.1, -0.05) is 18.2 Å². The zero-order chi connectivity index (χ0) is 20.6. The number of amides is 2. The van der Waals surface area contributed by atoms with Gasteiger partial charge in [0.25, 0.3) is 11.8 Å². The zero-order valence-electron chi connectivity index (χ0n) is 15.8. The molecular weight excluding hydrogens is 370 g/mol. The van der Waals surface area contributed by atoms with E-state index in [1.807, 2.05) is 12.1 Å². The SMILES string of the molecule is CC(Oc1ccc(O)cc1)C(=O)NCc1ccccc1NC(=O)c1cccnc1. The summed E-state index contributed by atoms with van der Waals surface area (Å²) in [6.07, 6.45) is 2.36. The Morgan fingerprint density at radius 1 is 1.07 bits per heavy atom. The number of rotatable bonds is 7. The second-order valence-electron chi connectivity index (χ2n) is 6.32. The number of nitrogens with one attached hydrogen (secondary N) is 2. The van der Waals surface area contributed by atoms with Crippen LogP contribution < -0.4 is 15.4 Å². The molecule has 0 saturated carbocycles. The van der Waals surface area contributed by atoms with Gasteiger partial charge in [0.15, 0.2) is 6.10 Å². The van der Waals surface area contributed by atoms with Gasteiger partial charge in [-0.25, -0.2) is 0 Å². The first kappa shape index (κ1) is 19.9. The summed E-state index contributed by atoms with van der Waals surface area (Å²) < 4.78 is 5.57. The Hall–Kier alpha value is -3.87. The van der Waals surface area contributed by atoms with E-state index in [4.69, 9.17) is 4.74 Å². The average Bonchev–Trinajstić information content (AvgIpc) is 2.75. The second kappa shape index (κ2) is 9.36. The molecule has 148 valence electrons. The number of phenols is 1. The van der Waals surface area contributed by atoms with Crippen molar-refractivity contribution in [3.8, 4) is 11.5 Å². The Morgan fingerprint density at radius 2 is 1.83 bits per heavy atom. The number of anilines is 1. The maximum absolute atomic E-state index is 12.4. The van der Waals surface area contributed by atoms with E-state index in [0.29, 0.717) is 17.0 Å². The molecule has 2 aromatic carbocycles. The van der Waals surface area contributed by atoms with E-state index in [-0.39, 0.29) is 24.1 Å². The topological polar surface area (TPSA) is 101 Å². The van der Waals surface area contributed by atoms with Crippen molar-refractivity contribution >= 4 is 17.5 Å². The van der Waals surface area contributed by atoms with Gasteiger partial charge in [-0.3, -0.25) is 14.6 Å². The fourth-order valence-corrected chi connectivity index (χ4v) is 2.60. The Labute approximate surface area is 168 Å². The highest BCUT2D eigenvalue weighted by Gasteiger charge is 2.15. The van der Waals surface area contributed by atoms with Crippen molar-refractivity contribution in [2.45, 2.75) is 19.6 Å². The molecule has 1 heterocycles. The standard InChI is InChI=1S/C22H21N3O4/c1-15(29-19-10-8-18(26)9-11-19)21(27)24-14-16-5-2-3-7-20(16)25-22(28)17-6-4-12-23-13-17/h2-13,15,26H,14H2,1H3,(H,24,27)(H,25,28). The number of carbonyl (C=O) groups is 2. The van der Waals surface area contributed by atoms with Gasteiger partial charge in [-0.2, -0.15) is 0 Å². The van der Waals surface area contributed by atoms with E-state index in [0.717, 1.165) is 5.56 Å². The predicted octanol–water partition coefficient (Wildman–Crippen LogP) is 3.12. The highest BCUT2D eigenvalue weighted by molar-refractivity contribution is 6.04. The molecule has 1 atom stereocenters. The van der Waals surface area contributed by atoms with Crippen LogP contribution in [0.4, 0.5) is 5.69 Å². The lowest BCUT2D eigenvalue weighted by molar-refractivity contribution is -0.127. The summed E-state index contributed by atoms with van der Waals surface area (Å²) in [6.45, 7) is 1.86. The molecule has 7 heteroatoms. The molecule has 0 aliphatic rings. The third-order valence-electron chi connectivity index (χ3n) is 4.16. The lowest BCUT2D eigenvalue weighted by atomic mass is 10.1. The van der Waals surface area contributed by atoms with Crippen molar-refractivity contribution in [2.75, 3.05) is 5.32 Å². The first-order chi connectivity index (χ1) is 14.0. The van der Waals surface area contributed by atoms with Crippen LogP contribution in [-0.2, 0) is 11.3 Å². The van der Waals surface area contributed by atoms with E-state index in [9.17, 15) is 14.7 Å². The Kier molecular flexibility index (Phi) is 6.42. The van der Waals surface area contributed by atoms with Gasteiger partial charge in [0.05, 0.1) is 5.56 Å². The van der Waals surface area contributed by atoms with Crippen molar-refractivity contribution in [3.63, 3.8) is 0 Å². The molecule has 3 aromatic rings. The molecule has 0 spiro atoms. The van der Waals surface area contributed by atoms with Crippen molar-refractivity contribution in [1.29, 1.82) is 0 Å². The first-order valence-electron chi connectivity index (χ1n) is 9.05. The quantitative estimate of drug-likeness (QED) is 0.575. The maximum Gasteiger partial charge on any atom is 0.261 e. The van der Waals surface area contributed by atoms with Crippen molar-refractivity contribution in [1.82, 2.24) is 10.3 Å². The minimum atomic E-state index is -0.725. The van der Waals surface area contributed by atoms with Crippen LogP contribution in [0.15, 0.2) is 73.1 Å². The second-order valence-corrected chi connectivity index (χ2v) is 6.32. The number of pyridine rings is 1. The molecule has 1 aromatic heterocycles. The lowest BCUT2D eigenvalue weighted by Gasteiger charge is -2.16. The van der Waals surface area contributed by atoms with Gasteiger partial charge in [0, 0.05) is 24.6 Å². The molecule has 0 aliphatic carbocycles. The Balaban J connectivity index is 1.59. The normalized spacial score (nSPS) is 11.3. The van der Waals surface area contributed by atoms with Crippen LogP contribution in [0.1, 0.15) is 22.8 Å². The van der Waals surface area contributed by atoms with Crippen molar-refractivity contribution < 1.29 is 19.4 Å². The number of para-hydroxylation sites is 1. The number of benzene rings is 2. The van der Waals surface area contributed by atoms with Gasteiger partial charge in [0.2, 0.25) is 0 Å². The summed E-state index contributed by atoms with van der Waals surface area (Å²) in [5.41, 5.74) is 1.81. The molecule has 0 aliphatic heterocycles. The third kappa shape index (κ3) is 5.55. The number of hydrogen-bond donors (Lipinski definition) is 3. The number of phenolic OH excluding ortho intramolecular Hbond substituents is 1. The van der Waals surface area contributed by atoms with Gasteiger partial charge in [0.1, 0.15) is 11.5 Å². The number of aromatic nitrogens is 1. The molecule has 1 unspecified atom stereocenters. The van der Waals surface area contributed by atoms with Crippen LogP contribution in [0.3, 0.4) is 0 Å². The minimum Gasteiger partial charge on any atom is -0.508 e. The van der Waals surface area contributed by atoms with E-state index < -0.39 is 6.10 Å². The first-order valence-corrected chi connectivity index (χ1v) is 9.05. The van der Waals surface area contributed by atoms with Crippen LogP contribution in [0, 0.1) is 0 Å². The molecule has 3 N–H and O–H groups in total. The Morgan fingerprint density at radius 3 is 2.55 bits per heavy atom. The largest absolute Gasteiger partial charge is 0.508 e. The molecule has 0 radical (unpaired) electrons. The molecule has 0 fully saturated rings.